The lowest BCUT2D eigenvalue weighted by atomic mass is 10.0. The van der Waals surface area contributed by atoms with E-state index in [-0.39, 0.29) is 5.91 Å². The molecule has 1 heterocycles. The fraction of sp³-hybridized carbons (Fsp3) is 0.111. The van der Waals surface area contributed by atoms with E-state index in [2.05, 4.69) is 28.8 Å². The maximum atomic E-state index is 11.4. The molecule has 22 heavy (non-hydrogen) atoms. The number of carbonyl (C=O) groups is 1. The Bertz CT molecular complexity index is 735. The molecule has 0 aliphatic rings. The summed E-state index contributed by atoms with van der Waals surface area (Å²) in [5.74, 6) is 0.566. The number of anilines is 2. The minimum atomic E-state index is -0.233. The highest BCUT2D eigenvalue weighted by atomic mass is 16.1. The van der Waals surface area contributed by atoms with E-state index >= 15 is 0 Å². The lowest BCUT2D eigenvalue weighted by Gasteiger charge is -2.11. The molecule has 4 heteroatoms. The molecule has 0 fully saturated rings. The van der Waals surface area contributed by atoms with Gasteiger partial charge < -0.3 is 10.6 Å². The summed E-state index contributed by atoms with van der Waals surface area (Å²) in [5.41, 5.74) is 4.57. The number of nitrogens with one attached hydrogen (secondary N) is 2. The highest BCUT2D eigenvalue weighted by Crippen LogP contribution is 2.28. The van der Waals surface area contributed by atoms with Crippen LogP contribution in [0.3, 0.4) is 0 Å². The van der Waals surface area contributed by atoms with Crippen molar-refractivity contribution in [3.05, 3.63) is 61.3 Å². The Morgan fingerprint density at radius 3 is 2.68 bits per heavy atom. The quantitative estimate of drug-likeness (QED) is 0.821. The number of carbonyl (C=O) groups excluding carboxylic acids is 1. The monoisotopic (exact) mass is 293 g/mol. The molecule has 2 rings (SSSR count). The Hall–Kier alpha value is -2.88. The van der Waals surface area contributed by atoms with Gasteiger partial charge in [0.25, 0.3) is 0 Å². The van der Waals surface area contributed by atoms with Crippen LogP contribution in [-0.4, -0.2) is 17.9 Å². The number of hydrogen-bond donors (Lipinski definition) is 2. The van der Waals surface area contributed by atoms with Crippen molar-refractivity contribution >= 4 is 23.0 Å². The van der Waals surface area contributed by atoms with E-state index in [1.807, 2.05) is 44.3 Å². The van der Waals surface area contributed by atoms with Crippen molar-refractivity contribution < 1.29 is 4.79 Å². The molecule has 0 spiro atoms. The normalized spacial score (nSPS) is 9.91. The summed E-state index contributed by atoms with van der Waals surface area (Å²) in [4.78, 5) is 15.8. The second kappa shape index (κ2) is 6.72. The molecule has 112 valence electrons. The number of amides is 1. The summed E-state index contributed by atoms with van der Waals surface area (Å²) in [6.07, 6.45) is 3.04. The molecule has 0 saturated carbocycles. The number of aromatic nitrogens is 1. The van der Waals surface area contributed by atoms with E-state index < -0.39 is 0 Å². The highest BCUT2D eigenvalue weighted by Gasteiger charge is 2.07. The minimum absolute atomic E-state index is 0.233. The second-order valence-corrected chi connectivity index (χ2v) is 4.92. The molecule has 0 aliphatic carbocycles. The molecule has 2 aromatic rings. The van der Waals surface area contributed by atoms with E-state index in [4.69, 9.17) is 0 Å². The van der Waals surface area contributed by atoms with Gasteiger partial charge in [0.05, 0.1) is 0 Å². The van der Waals surface area contributed by atoms with Gasteiger partial charge in [-0.1, -0.05) is 25.3 Å². The molecule has 0 saturated heterocycles. The van der Waals surface area contributed by atoms with Crippen LogP contribution in [-0.2, 0) is 4.79 Å². The van der Waals surface area contributed by atoms with Gasteiger partial charge in [-0.05, 0) is 42.3 Å². The Morgan fingerprint density at radius 1 is 1.27 bits per heavy atom. The molecule has 1 aromatic carbocycles. The van der Waals surface area contributed by atoms with Gasteiger partial charge >= 0.3 is 0 Å². The molecule has 4 nitrogen and oxygen atoms in total. The molecule has 0 radical (unpaired) electrons. The van der Waals surface area contributed by atoms with Crippen molar-refractivity contribution in [2.24, 2.45) is 0 Å². The van der Waals surface area contributed by atoms with Gasteiger partial charge in [-0.3, -0.25) is 4.79 Å². The molecule has 0 aliphatic heterocycles. The highest BCUT2D eigenvalue weighted by molar-refractivity contribution is 5.99. The first-order valence-corrected chi connectivity index (χ1v) is 6.92. The molecule has 2 N–H and O–H groups in total. The van der Waals surface area contributed by atoms with Gasteiger partial charge in [-0.25, -0.2) is 4.98 Å². The van der Waals surface area contributed by atoms with Gasteiger partial charge in [0, 0.05) is 30.1 Å². The predicted molar refractivity (Wildman–Crippen MR) is 92.8 cm³/mol. The number of rotatable bonds is 5. The number of allylic oxidation sites excluding steroid dienone is 1. The lowest BCUT2D eigenvalue weighted by molar-refractivity contribution is -0.111. The van der Waals surface area contributed by atoms with E-state index in [1.165, 1.54) is 6.08 Å². The fourth-order valence-corrected chi connectivity index (χ4v) is 2.12. The smallest absolute Gasteiger partial charge is 0.247 e. The zero-order valence-electron chi connectivity index (χ0n) is 12.8. The Labute approximate surface area is 130 Å². The number of pyridine rings is 1. The summed E-state index contributed by atoms with van der Waals surface area (Å²) in [7, 11) is 1.83. The summed E-state index contributed by atoms with van der Waals surface area (Å²) >= 11 is 0. The SMILES string of the molecule is C=CC(=O)Nc1cccc(-c2cnc(NC)c(C(=C)C)c2)c1. The predicted octanol–water partition coefficient (Wildman–Crippen LogP) is 3.95. The number of benzene rings is 1. The number of nitrogens with zero attached hydrogens (tertiary/aromatic N) is 1. The standard InChI is InChI=1S/C18H19N3O/c1-5-17(22)21-15-8-6-7-13(9-15)14-10-16(12(2)3)18(19-4)20-11-14/h5-11H,1-2H2,3-4H3,(H,19,20)(H,21,22). The van der Waals surface area contributed by atoms with Crippen molar-refractivity contribution in [1.82, 2.24) is 4.98 Å². The van der Waals surface area contributed by atoms with Crippen LogP contribution in [0.1, 0.15) is 12.5 Å². The second-order valence-electron chi connectivity index (χ2n) is 4.92. The van der Waals surface area contributed by atoms with Crippen LogP contribution in [0.15, 0.2) is 55.8 Å². The van der Waals surface area contributed by atoms with E-state index in [0.717, 1.165) is 33.8 Å². The maximum absolute atomic E-state index is 11.4. The zero-order valence-corrected chi connectivity index (χ0v) is 12.8. The Kier molecular flexibility index (Phi) is 4.73. The van der Waals surface area contributed by atoms with Crippen LogP contribution in [0.5, 0.6) is 0 Å². The van der Waals surface area contributed by atoms with Crippen molar-refractivity contribution in [2.75, 3.05) is 17.7 Å². The van der Waals surface area contributed by atoms with Gasteiger partial charge in [0.1, 0.15) is 5.82 Å². The van der Waals surface area contributed by atoms with Crippen molar-refractivity contribution in [3.63, 3.8) is 0 Å². The summed E-state index contributed by atoms with van der Waals surface area (Å²) < 4.78 is 0. The average molecular weight is 293 g/mol. The maximum Gasteiger partial charge on any atom is 0.247 e. The Balaban J connectivity index is 2.41. The van der Waals surface area contributed by atoms with Gasteiger partial charge in [-0.15, -0.1) is 0 Å². The first kappa shape index (κ1) is 15.5. The third-order valence-electron chi connectivity index (χ3n) is 3.23. The van der Waals surface area contributed by atoms with E-state index in [0.29, 0.717) is 0 Å². The van der Waals surface area contributed by atoms with Crippen LogP contribution in [0.4, 0.5) is 11.5 Å². The van der Waals surface area contributed by atoms with E-state index in [1.54, 1.807) is 6.20 Å². The Morgan fingerprint density at radius 2 is 2.05 bits per heavy atom. The molecule has 0 unspecified atom stereocenters. The fourth-order valence-electron chi connectivity index (χ4n) is 2.12. The van der Waals surface area contributed by atoms with Gasteiger partial charge in [-0.2, -0.15) is 0 Å². The third kappa shape index (κ3) is 3.41. The van der Waals surface area contributed by atoms with Crippen LogP contribution in [0.2, 0.25) is 0 Å². The topological polar surface area (TPSA) is 54.0 Å². The van der Waals surface area contributed by atoms with Crippen molar-refractivity contribution in [1.29, 1.82) is 0 Å². The van der Waals surface area contributed by atoms with Gasteiger partial charge in [0.2, 0.25) is 5.91 Å². The molecule has 1 amide bonds. The first-order chi connectivity index (χ1) is 10.5. The van der Waals surface area contributed by atoms with E-state index in [9.17, 15) is 4.79 Å². The third-order valence-corrected chi connectivity index (χ3v) is 3.23. The summed E-state index contributed by atoms with van der Waals surface area (Å²) in [6.45, 7) is 9.38. The molecular formula is C18H19N3O. The molecule has 0 bridgehead atoms. The number of hydrogen-bond acceptors (Lipinski definition) is 3. The largest absolute Gasteiger partial charge is 0.373 e. The minimum Gasteiger partial charge on any atom is -0.373 e. The van der Waals surface area contributed by atoms with Crippen molar-refractivity contribution in [2.45, 2.75) is 6.92 Å². The average Bonchev–Trinajstić information content (AvgIpc) is 2.54. The first-order valence-electron chi connectivity index (χ1n) is 6.92. The summed E-state index contributed by atoms with van der Waals surface area (Å²) in [5, 5.41) is 5.82. The molecule has 0 atom stereocenters. The van der Waals surface area contributed by atoms with Crippen LogP contribution >= 0.6 is 0 Å². The van der Waals surface area contributed by atoms with Crippen LogP contribution < -0.4 is 10.6 Å². The van der Waals surface area contributed by atoms with Gasteiger partial charge in [0.15, 0.2) is 0 Å². The lowest BCUT2D eigenvalue weighted by Crippen LogP contribution is -2.07. The molecule has 1 aromatic heterocycles. The zero-order chi connectivity index (χ0) is 16.1. The summed E-state index contributed by atoms with van der Waals surface area (Å²) in [6, 6.07) is 9.64. The molecular weight excluding hydrogens is 274 g/mol. The van der Waals surface area contributed by atoms with Crippen molar-refractivity contribution in [3.8, 4) is 11.1 Å². The van der Waals surface area contributed by atoms with Crippen LogP contribution in [0, 0.1) is 0 Å². The van der Waals surface area contributed by atoms with Crippen LogP contribution in [0.25, 0.3) is 16.7 Å².